The second-order valence-corrected chi connectivity index (χ2v) is 6.49. The van der Waals surface area contributed by atoms with Crippen molar-refractivity contribution in [3.63, 3.8) is 0 Å². The summed E-state index contributed by atoms with van der Waals surface area (Å²) in [6.07, 6.45) is -0.138. The number of hydrogen-bond donors (Lipinski definition) is 2. The Hall–Kier alpha value is -3.52. The first-order valence-electron chi connectivity index (χ1n) is 8.31. The number of aromatic nitrogens is 4. The second-order valence-electron chi connectivity index (χ2n) is 6.06. The van der Waals surface area contributed by atoms with Crippen LogP contribution in [0.3, 0.4) is 0 Å². The number of carbonyl (C=O) groups is 1. The van der Waals surface area contributed by atoms with E-state index in [4.69, 9.17) is 16.3 Å². The highest BCUT2D eigenvalue weighted by Crippen LogP contribution is 2.15. The van der Waals surface area contributed by atoms with E-state index in [2.05, 4.69) is 20.2 Å². The van der Waals surface area contributed by atoms with Crippen molar-refractivity contribution in [2.24, 2.45) is 0 Å². The van der Waals surface area contributed by atoms with Crippen LogP contribution in [-0.4, -0.2) is 26.1 Å². The van der Waals surface area contributed by atoms with Crippen LogP contribution in [0.15, 0.2) is 52.1 Å². The molecule has 0 aliphatic carbocycles. The summed E-state index contributed by atoms with van der Waals surface area (Å²) in [5, 5.41) is 8.17. The summed E-state index contributed by atoms with van der Waals surface area (Å²) in [6, 6.07) is 11.6. The summed E-state index contributed by atoms with van der Waals surface area (Å²) < 4.78 is 5.21. The zero-order valence-electron chi connectivity index (χ0n) is 14.4. The number of rotatable bonds is 4. The first kappa shape index (κ1) is 17.9. The maximum atomic E-state index is 12.2. The van der Waals surface area contributed by atoms with Gasteiger partial charge < -0.3 is 9.72 Å². The molecule has 0 unspecified atom stereocenters. The van der Waals surface area contributed by atoms with Crippen LogP contribution in [0.2, 0.25) is 5.02 Å². The monoisotopic (exact) mass is 396 g/mol. The lowest BCUT2D eigenvalue weighted by Gasteiger charge is -2.07. The van der Waals surface area contributed by atoms with Crippen molar-refractivity contribution in [1.29, 1.82) is 0 Å². The van der Waals surface area contributed by atoms with Gasteiger partial charge in [-0.3, -0.25) is 14.4 Å². The molecule has 2 N–H and O–H groups in total. The molecular weight excluding hydrogens is 384 g/mol. The molecule has 0 aliphatic heterocycles. The summed E-state index contributed by atoms with van der Waals surface area (Å²) in [5.74, 6) is -0.369. The van der Waals surface area contributed by atoms with Crippen LogP contribution in [0.1, 0.15) is 11.5 Å². The number of ether oxygens (including phenoxy) is 1. The fraction of sp³-hybridized carbons (Fsp3) is 0.105. The van der Waals surface area contributed by atoms with Gasteiger partial charge in [0.1, 0.15) is 12.4 Å². The van der Waals surface area contributed by atoms with Gasteiger partial charge in [-0.2, -0.15) is 5.10 Å². The molecule has 2 aromatic heterocycles. The topological polar surface area (TPSA) is 118 Å². The molecule has 9 heteroatoms. The minimum absolute atomic E-state index is 0.138. The lowest BCUT2D eigenvalue weighted by atomic mass is 10.1. The summed E-state index contributed by atoms with van der Waals surface area (Å²) in [6.45, 7) is -0.211. The maximum Gasteiger partial charge on any atom is 0.312 e. The lowest BCUT2D eigenvalue weighted by molar-refractivity contribution is -0.144. The van der Waals surface area contributed by atoms with Crippen LogP contribution in [0.4, 0.5) is 0 Å². The van der Waals surface area contributed by atoms with Crippen molar-refractivity contribution >= 4 is 39.2 Å². The van der Waals surface area contributed by atoms with Crippen LogP contribution in [-0.2, 0) is 22.6 Å². The fourth-order valence-corrected chi connectivity index (χ4v) is 3.04. The van der Waals surface area contributed by atoms with Gasteiger partial charge in [0.05, 0.1) is 28.4 Å². The van der Waals surface area contributed by atoms with Crippen LogP contribution in [0.5, 0.6) is 0 Å². The van der Waals surface area contributed by atoms with Crippen molar-refractivity contribution in [2.75, 3.05) is 0 Å². The third-order valence-corrected chi connectivity index (χ3v) is 4.41. The highest BCUT2D eigenvalue weighted by molar-refractivity contribution is 6.31. The smallest absolute Gasteiger partial charge is 0.312 e. The molecular formula is C19H13ClN4O4. The third-order valence-electron chi connectivity index (χ3n) is 4.17. The molecule has 0 bridgehead atoms. The van der Waals surface area contributed by atoms with E-state index in [-0.39, 0.29) is 30.0 Å². The van der Waals surface area contributed by atoms with Gasteiger partial charge in [-0.05, 0) is 24.3 Å². The van der Waals surface area contributed by atoms with E-state index in [0.717, 1.165) is 0 Å². The number of H-pyrrole nitrogens is 2. The number of aromatic amines is 2. The SMILES string of the molecule is O=C(Cc1n[nH]c(=O)c2ccccc12)OCc1nc2cc(Cl)ccc2c(=O)[nH]1. The second kappa shape index (κ2) is 7.24. The zero-order chi connectivity index (χ0) is 19.7. The largest absolute Gasteiger partial charge is 0.457 e. The van der Waals surface area contributed by atoms with E-state index >= 15 is 0 Å². The number of esters is 1. The predicted molar refractivity (Wildman–Crippen MR) is 103 cm³/mol. The molecule has 0 radical (unpaired) electrons. The molecule has 0 spiro atoms. The quantitative estimate of drug-likeness (QED) is 0.510. The number of nitrogens with zero attached hydrogens (tertiary/aromatic N) is 2. The van der Waals surface area contributed by atoms with Gasteiger partial charge in [0.2, 0.25) is 0 Å². The van der Waals surface area contributed by atoms with Gasteiger partial charge in [-0.1, -0.05) is 29.8 Å². The zero-order valence-corrected chi connectivity index (χ0v) is 15.1. The Kier molecular flexibility index (Phi) is 4.62. The average molecular weight is 397 g/mol. The lowest BCUT2D eigenvalue weighted by Crippen LogP contribution is -2.17. The van der Waals surface area contributed by atoms with Gasteiger partial charge in [-0.15, -0.1) is 0 Å². The van der Waals surface area contributed by atoms with Crippen molar-refractivity contribution in [3.05, 3.63) is 79.7 Å². The van der Waals surface area contributed by atoms with Gasteiger partial charge in [0, 0.05) is 10.4 Å². The van der Waals surface area contributed by atoms with E-state index in [0.29, 0.717) is 32.4 Å². The van der Waals surface area contributed by atoms with E-state index in [1.165, 1.54) is 0 Å². The Labute approximate surface area is 162 Å². The fourth-order valence-electron chi connectivity index (χ4n) is 2.87. The summed E-state index contributed by atoms with van der Waals surface area (Å²) >= 11 is 5.93. The van der Waals surface area contributed by atoms with Crippen molar-refractivity contribution in [2.45, 2.75) is 13.0 Å². The van der Waals surface area contributed by atoms with Gasteiger partial charge >= 0.3 is 5.97 Å². The molecule has 2 aromatic carbocycles. The van der Waals surface area contributed by atoms with Crippen molar-refractivity contribution in [3.8, 4) is 0 Å². The highest BCUT2D eigenvalue weighted by atomic mass is 35.5. The molecule has 0 fully saturated rings. The average Bonchev–Trinajstić information content (AvgIpc) is 2.68. The molecule has 4 aromatic rings. The molecule has 0 aliphatic rings. The number of halogens is 1. The number of hydrogen-bond acceptors (Lipinski definition) is 6. The summed E-state index contributed by atoms with van der Waals surface area (Å²) in [4.78, 5) is 43.0. The Morgan fingerprint density at radius 1 is 1.04 bits per heavy atom. The molecule has 140 valence electrons. The molecule has 8 nitrogen and oxygen atoms in total. The van der Waals surface area contributed by atoms with Gasteiger partial charge in [0.15, 0.2) is 0 Å². The molecule has 0 atom stereocenters. The Morgan fingerprint density at radius 3 is 2.64 bits per heavy atom. The van der Waals surface area contributed by atoms with E-state index in [1.54, 1.807) is 42.5 Å². The molecule has 4 rings (SSSR count). The first-order chi connectivity index (χ1) is 13.5. The van der Waals surface area contributed by atoms with Gasteiger partial charge in [-0.25, -0.2) is 10.1 Å². The maximum absolute atomic E-state index is 12.2. The number of fused-ring (bicyclic) bond motifs is 2. The van der Waals surface area contributed by atoms with Crippen molar-refractivity contribution < 1.29 is 9.53 Å². The van der Waals surface area contributed by atoms with Gasteiger partial charge in [0.25, 0.3) is 11.1 Å². The Balaban J connectivity index is 1.53. The van der Waals surface area contributed by atoms with Crippen LogP contribution >= 0.6 is 11.6 Å². The third kappa shape index (κ3) is 3.49. The normalized spacial score (nSPS) is 11.0. The van der Waals surface area contributed by atoms with E-state index < -0.39 is 5.97 Å². The van der Waals surface area contributed by atoms with Crippen LogP contribution < -0.4 is 11.1 Å². The molecule has 0 saturated heterocycles. The minimum Gasteiger partial charge on any atom is -0.457 e. The Bertz CT molecular complexity index is 1330. The minimum atomic E-state index is -0.571. The first-order valence-corrected chi connectivity index (χ1v) is 8.69. The number of carbonyl (C=O) groups excluding carboxylic acids is 1. The Morgan fingerprint density at radius 2 is 1.82 bits per heavy atom. The van der Waals surface area contributed by atoms with Crippen LogP contribution in [0.25, 0.3) is 21.7 Å². The standard InChI is InChI=1S/C19H13ClN4O4/c20-10-5-6-13-14(7-10)21-16(22-18(13)26)9-28-17(25)8-15-11-3-1-2-4-12(11)19(27)24-23-15/h1-7H,8-9H2,(H,24,27)(H,21,22,26). The molecule has 2 heterocycles. The molecule has 0 saturated carbocycles. The highest BCUT2D eigenvalue weighted by Gasteiger charge is 2.13. The van der Waals surface area contributed by atoms with E-state index in [1.807, 2.05) is 0 Å². The molecule has 0 amide bonds. The van der Waals surface area contributed by atoms with Crippen molar-refractivity contribution in [1.82, 2.24) is 20.2 Å². The van der Waals surface area contributed by atoms with Crippen LogP contribution in [0, 0.1) is 0 Å². The predicted octanol–water partition coefficient (Wildman–Crippen LogP) is 2.10. The molecule has 28 heavy (non-hydrogen) atoms. The van der Waals surface area contributed by atoms with E-state index in [9.17, 15) is 14.4 Å². The summed E-state index contributed by atoms with van der Waals surface area (Å²) in [5.41, 5.74) is 0.132. The number of nitrogens with one attached hydrogen (secondary N) is 2. The number of benzene rings is 2. The summed E-state index contributed by atoms with van der Waals surface area (Å²) in [7, 11) is 0.